The highest BCUT2D eigenvalue weighted by Gasteiger charge is 2.60. The fourth-order valence-electron chi connectivity index (χ4n) is 5.78. The maximum Gasteiger partial charge on any atom is 0.410 e. The van der Waals surface area contributed by atoms with Crippen LogP contribution < -0.4 is 5.73 Å². The molecular formula is C17H26N2O4. The summed E-state index contributed by atoms with van der Waals surface area (Å²) in [5, 5.41) is 0. The quantitative estimate of drug-likeness (QED) is 0.780. The Labute approximate surface area is 136 Å². The molecule has 2 N–H and O–H groups in total. The third-order valence-electron chi connectivity index (χ3n) is 6.52. The number of nitrogens with two attached hydrogens (primary N) is 1. The molecule has 5 fully saturated rings. The molecule has 1 aliphatic heterocycles. The molecule has 0 aromatic rings. The zero-order chi connectivity index (χ0) is 16.2. The lowest BCUT2D eigenvalue weighted by Crippen LogP contribution is -2.58. The minimum absolute atomic E-state index is 0.0337. The van der Waals surface area contributed by atoms with E-state index in [1.807, 2.05) is 0 Å². The van der Waals surface area contributed by atoms with Gasteiger partial charge in [0.05, 0.1) is 12.5 Å². The van der Waals surface area contributed by atoms with Crippen molar-refractivity contribution in [1.29, 1.82) is 0 Å². The molecule has 4 aliphatic carbocycles. The van der Waals surface area contributed by atoms with Crippen molar-refractivity contribution in [1.82, 2.24) is 4.90 Å². The fraction of sp³-hybridized carbons (Fsp3) is 0.882. The van der Waals surface area contributed by atoms with Crippen LogP contribution in [0.2, 0.25) is 0 Å². The summed E-state index contributed by atoms with van der Waals surface area (Å²) in [4.78, 5) is 26.4. The van der Waals surface area contributed by atoms with Gasteiger partial charge in [-0.2, -0.15) is 0 Å². The van der Waals surface area contributed by atoms with Crippen LogP contribution in [0.1, 0.15) is 38.5 Å². The van der Waals surface area contributed by atoms with Crippen LogP contribution in [-0.4, -0.2) is 49.3 Å². The summed E-state index contributed by atoms with van der Waals surface area (Å²) in [6, 6.07) is 0.0728. The van der Waals surface area contributed by atoms with Crippen molar-refractivity contribution in [2.75, 3.05) is 20.2 Å². The highest BCUT2D eigenvalue weighted by atomic mass is 16.6. The summed E-state index contributed by atoms with van der Waals surface area (Å²) in [6.45, 7) is 1.28. The van der Waals surface area contributed by atoms with E-state index in [4.69, 9.17) is 15.2 Å². The van der Waals surface area contributed by atoms with Crippen LogP contribution in [0.5, 0.6) is 0 Å². The molecule has 1 amide bonds. The van der Waals surface area contributed by atoms with Crippen molar-refractivity contribution in [3.05, 3.63) is 0 Å². The van der Waals surface area contributed by atoms with Gasteiger partial charge in [0.15, 0.2) is 0 Å². The fourth-order valence-corrected chi connectivity index (χ4v) is 5.78. The molecule has 128 valence electrons. The summed E-state index contributed by atoms with van der Waals surface area (Å²) in [5.41, 5.74) is 5.56. The van der Waals surface area contributed by atoms with Crippen LogP contribution >= 0.6 is 0 Å². The molecule has 5 aliphatic rings. The number of ether oxygens (including phenoxy) is 2. The molecule has 4 saturated carbocycles. The lowest BCUT2D eigenvalue weighted by molar-refractivity contribution is -0.182. The van der Waals surface area contributed by atoms with Gasteiger partial charge < -0.3 is 20.1 Å². The molecule has 5 rings (SSSR count). The van der Waals surface area contributed by atoms with E-state index in [1.165, 1.54) is 7.11 Å². The van der Waals surface area contributed by atoms with Gasteiger partial charge in [0.1, 0.15) is 6.10 Å². The van der Waals surface area contributed by atoms with Crippen molar-refractivity contribution in [2.45, 2.75) is 50.7 Å². The first-order chi connectivity index (χ1) is 11.0. The van der Waals surface area contributed by atoms with Crippen molar-refractivity contribution < 1.29 is 19.1 Å². The van der Waals surface area contributed by atoms with Crippen LogP contribution in [0, 0.1) is 23.2 Å². The molecule has 0 spiro atoms. The van der Waals surface area contributed by atoms with Gasteiger partial charge >= 0.3 is 12.1 Å². The number of rotatable bonds is 2. The summed E-state index contributed by atoms with van der Waals surface area (Å²) in [6.07, 6.45) is 5.32. The predicted molar refractivity (Wildman–Crippen MR) is 82.4 cm³/mol. The molecule has 0 aromatic heterocycles. The van der Waals surface area contributed by atoms with E-state index < -0.39 is 0 Å². The third kappa shape index (κ3) is 2.42. The molecule has 0 aromatic carbocycles. The van der Waals surface area contributed by atoms with Gasteiger partial charge in [-0.1, -0.05) is 0 Å². The van der Waals surface area contributed by atoms with Gasteiger partial charge in [0, 0.05) is 19.1 Å². The Morgan fingerprint density at radius 2 is 1.87 bits per heavy atom. The first-order valence-corrected chi connectivity index (χ1v) is 8.80. The Hall–Kier alpha value is -1.30. The van der Waals surface area contributed by atoms with Gasteiger partial charge in [0.25, 0.3) is 0 Å². The molecule has 6 heteroatoms. The average molecular weight is 322 g/mol. The Bertz CT molecular complexity index is 507. The molecule has 0 radical (unpaired) electrons. The van der Waals surface area contributed by atoms with Crippen LogP contribution in [0.4, 0.5) is 4.79 Å². The molecular weight excluding hydrogens is 296 g/mol. The van der Waals surface area contributed by atoms with Crippen LogP contribution in [0.15, 0.2) is 0 Å². The number of hydrogen-bond acceptors (Lipinski definition) is 5. The van der Waals surface area contributed by atoms with E-state index in [1.54, 1.807) is 4.90 Å². The number of esters is 1. The Kier molecular flexibility index (Phi) is 3.55. The summed E-state index contributed by atoms with van der Waals surface area (Å²) >= 11 is 0. The predicted octanol–water partition coefficient (Wildman–Crippen LogP) is 1.52. The highest BCUT2D eigenvalue weighted by molar-refractivity contribution is 5.77. The molecule has 1 heterocycles. The first kappa shape index (κ1) is 15.2. The molecule has 1 unspecified atom stereocenters. The molecule has 1 saturated heterocycles. The topological polar surface area (TPSA) is 81.9 Å². The smallest absolute Gasteiger partial charge is 0.410 e. The third-order valence-corrected chi connectivity index (χ3v) is 6.52. The molecule has 4 bridgehead atoms. The summed E-state index contributed by atoms with van der Waals surface area (Å²) in [5.74, 6) is 1.13. The van der Waals surface area contributed by atoms with E-state index in [9.17, 15) is 9.59 Å². The second-order valence-electron chi connectivity index (χ2n) is 8.09. The second kappa shape index (κ2) is 5.36. The van der Waals surface area contributed by atoms with Crippen molar-refractivity contribution in [2.24, 2.45) is 28.9 Å². The highest BCUT2D eigenvalue weighted by Crippen LogP contribution is 2.61. The minimum Gasteiger partial charge on any atom is -0.469 e. The lowest BCUT2D eigenvalue weighted by Gasteiger charge is -2.57. The average Bonchev–Trinajstić information content (AvgIpc) is 2.96. The molecule has 23 heavy (non-hydrogen) atoms. The zero-order valence-corrected chi connectivity index (χ0v) is 13.7. The normalized spacial score (nSPS) is 44.4. The maximum atomic E-state index is 12.4. The lowest BCUT2D eigenvalue weighted by atomic mass is 9.48. The van der Waals surface area contributed by atoms with Crippen LogP contribution in [-0.2, 0) is 14.3 Å². The maximum absolute atomic E-state index is 12.4. The van der Waals surface area contributed by atoms with Crippen molar-refractivity contribution in [3.63, 3.8) is 0 Å². The van der Waals surface area contributed by atoms with Gasteiger partial charge in [-0.05, 0) is 56.3 Å². The van der Waals surface area contributed by atoms with E-state index in [0.29, 0.717) is 30.8 Å². The summed E-state index contributed by atoms with van der Waals surface area (Å²) < 4.78 is 11.0. The zero-order valence-electron chi connectivity index (χ0n) is 13.7. The van der Waals surface area contributed by atoms with E-state index in [0.717, 1.165) is 38.5 Å². The Morgan fingerprint density at radius 1 is 1.17 bits per heavy atom. The van der Waals surface area contributed by atoms with Crippen molar-refractivity contribution >= 4 is 12.1 Å². The largest absolute Gasteiger partial charge is 0.469 e. The van der Waals surface area contributed by atoms with Crippen molar-refractivity contribution in [3.8, 4) is 0 Å². The van der Waals surface area contributed by atoms with Crippen LogP contribution in [0.25, 0.3) is 0 Å². The van der Waals surface area contributed by atoms with Crippen LogP contribution in [0.3, 0.4) is 0 Å². The number of amides is 1. The number of nitrogens with zero attached hydrogens (tertiary/aromatic N) is 1. The van der Waals surface area contributed by atoms with Gasteiger partial charge in [-0.25, -0.2) is 4.79 Å². The molecule has 3 atom stereocenters. The van der Waals surface area contributed by atoms with E-state index >= 15 is 0 Å². The van der Waals surface area contributed by atoms with Gasteiger partial charge in [0.2, 0.25) is 0 Å². The SMILES string of the molecule is COC(=O)C12CC3C[C@H](C1)C(OC(=O)N1CCC(N)C1)[C@H](C3)C2. The second-order valence-corrected chi connectivity index (χ2v) is 8.09. The minimum atomic E-state index is -0.315. The van der Waals surface area contributed by atoms with Gasteiger partial charge in [-0.3, -0.25) is 4.79 Å². The Balaban J connectivity index is 1.46. The molecule has 6 nitrogen and oxygen atoms in total. The number of likely N-dealkylation sites (tertiary alicyclic amines) is 1. The number of carbonyl (C=O) groups is 2. The van der Waals surface area contributed by atoms with E-state index in [2.05, 4.69) is 0 Å². The van der Waals surface area contributed by atoms with Gasteiger partial charge in [-0.15, -0.1) is 0 Å². The van der Waals surface area contributed by atoms with E-state index in [-0.39, 0.29) is 29.6 Å². The first-order valence-electron chi connectivity index (χ1n) is 8.80. The number of hydrogen-bond donors (Lipinski definition) is 1. The summed E-state index contributed by atoms with van der Waals surface area (Å²) in [7, 11) is 1.48. The standard InChI is InChI=1S/C17H26N2O4/c1-22-15(20)17-6-10-4-11(7-17)14(12(5-10)8-17)23-16(21)19-3-2-13(18)9-19/h10-14H,2-9,18H2,1H3/t10?,11-,12-,13?,14?,17?/m1/s1. The number of methoxy groups -OCH3 is 1. The monoisotopic (exact) mass is 322 g/mol. The number of carbonyl (C=O) groups excluding carboxylic acids is 2. The Morgan fingerprint density at radius 3 is 2.43 bits per heavy atom.